The third-order valence-corrected chi connectivity index (χ3v) is 7.29. The quantitative estimate of drug-likeness (QED) is 0.267. The molecule has 0 spiro atoms. The number of amides is 2. The molecule has 1 aliphatic heterocycles. The summed E-state index contributed by atoms with van der Waals surface area (Å²) in [6.45, 7) is 2.35. The first-order chi connectivity index (χ1) is 19.4. The Morgan fingerprint density at radius 2 is 1.79 bits per heavy atom. The van der Waals surface area contributed by atoms with Crippen LogP contribution in [0.4, 0.5) is 17.3 Å². The number of nitrogens with one attached hydrogen (secondary N) is 2. The molecule has 3 aromatic carbocycles. The van der Waals surface area contributed by atoms with E-state index in [1.54, 1.807) is 18.2 Å². The molecule has 0 radical (unpaired) electrons. The fourth-order valence-corrected chi connectivity index (χ4v) is 5.02. The Labute approximate surface area is 259 Å². The first-order valence-corrected chi connectivity index (χ1v) is 13.6. The molecule has 0 atom stereocenters. The van der Waals surface area contributed by atoms with Crippen molar-refractivity contribution in [3.8, 4) is 5.75 Å². The number of fused-ring (bicyclic) bond motifs is 2. The molecule has 0 fully saturated rings. The van der Waals surface area contributed by atoms with Crippen LogP contribution in [0.1, 0.15) is 39.1 Å². The summed E-state index contributed by atoms with van der Waals surface area (Å²) in [5, 5.41) is 2.99. The van der Waals surface area contributed by atoms with Crippen LogP contribution >= 0.6 is 24.8 Å². The van der Waals surface area contributed by atoms with Crippen LogP contribution < -0.4 is 19.9 Å². The molecule has 42 heavy (non-hydrogen) atoms. The molecule has 224 valence electrons. The number of benzene rings is 3. The highest BCUT2D eigenvalue weighted by Crippen LogP contribution is 2.30. The van der Waals surface area contributed by atoms with E-state index < -0.39 is 0 Å². The molecule has 1 aromatic heterocycles. The van der Waals surface area contributed by atoms with Crippen LogP contribution in [0.2, 0.25) is 0 Å². The second-order valence-electron chi connectivity index (χ2n) is 10.4. The maximum atomic E-state index is 13.6. The smallest absolute Gasteiger partial charge is 0.259 e. The fraction of sp³-hybridized carbons (Fsp3) is 0.323. The van der Waals surface area contributed by atoms with E-state index in [0.29, 0.717) is 34.6 Å². The second-order valence-corrected chi connectivity index (χ2v) is 10.4. The van der Waals surface area contributed by atoms with Gasteiger partial charge in [-0.1, -0.05) is 24.3 Å². The topological polar surface area (TPSA) is 93.8 Å². The van der Waals surface area contributed by atoms with Gasteiger partial charge in [-0.3, -0.25) is 9.59 Å². The van der Waals surface area contributed by atoms with Crippen molar-refractivity contribution in [2.45, 2.75) is 19.3 Å². The number of aromatic amines is 1. The number of likely N-dealkylation sites (N-methyl/N-ethyl adjacent to an activating group) is 2. The van der Waals surface area contributed by atoms with E-state index >= 15 is 0 Å². The number of imidazole rings is 1. The summed E-state index contributed by atoms with van der Waals surface area (Å²) in [5.41, 5.74) is 5.04. The Balaban J connectivity index is 0.00000242. The number of rotatable bonds is 8. The second kappa shape index (κ2) is 14.4. The van der Waals surface area contributed by atoms with E-state index in [-0.39, 0.29) is 36.6 Å². The standard InChI is InChI=1S/C31H36N6O3.2ClH/c1-35(2)18-19-36(3)31-33-25-13-9-12-24(28(25)34-31)32-29(38)23-16-15-22(20-27(23)40-4)30(39)37-17-8-7-11-21-10-5-6-14-26(21)37;;/h5-6,9-10,12-16,20H,7-8,11,17-19H2,1-4H3,(H,32,38)(H,33,34);2*1H. The third kappa shape index (κ3) is 6.98. The Morgan fingerprint density at radius 1 is 1.00 bits per heavy atom. The number of para-hydroxylation sites is 2. The lowest BCUT2D eigenvalue weighted by atomic mass is 10.1. The van der Waals surface area contributed by atoms with E-state index in [0.717, 1.165) is 49.5 Å². The van der Waals surface area contributed by atoms with E-state index in [4.69, 9.17) is 9.72 Å². The number of aromatic nitrogens is 2. The van der Waals surface area contributed by atoms with Crippen LogP contribution in [-0.2, 0) is 6.42 Å². The van der Waals surface area contributed by atoms with Crippen LogP contribution in [-0.4, -0.2) is 74.6 Å². The molecule has 2 N–H and O–H groups in total. The molecule has 0 aliphatic carbocycles. The summed E-state index contributed by atoms with van der Waals surface area (Å²) in [6, 6.07) is 18.7. The number of methoxy groups -OCH3 is 1. The van der Waals surface area contributed by atoms with Gasteiger partial charge in [0.05, 0.1) is 23.9 Å². The largest absolute Gasteiger partial charge is 0.496 e. The summed E-state index contributed by atoms with van der Waals surface area (Å²) in [7, 11) is 7.55. The Hall–Kier alpha value is -3.79. The Kier molecular flexibility index (Phi) is 11.2. The van der Waals surface area contributed by atoms with Gasteiger partial charge in [0.25, 0.3) is 11.8 Å². The summed E-state index contributed by atoms with van der Waals surface area (Å²) in [6.07, 6.45) is 2.93. The highest BCUT2D eigenvalue weighted by atomic mass is 35.5. The minimum Gasteiger partial charge on any atom is -0.496 e. The molecular weight excluding hydrogens is 575 g/mol. The van der Waals surface area contributed by atoms with Gasteiger partial charge in [0.2, 0.25) is 5.95 Å². The molecule has 4 aromatic rings. The lowest BCUT2D eigenvalue weighted by Gasteiger charge is -2.23. The highest BCUT2D eigenvalue weighted by molar-refractivity contribution is 6.11. The number of aryl methyl sites for hydroxylation is 1. The SMILES string of the molecule is COc1cc(C(=O)N2CCCCc3ccccc32)ccc1C(=O)Nc1cccc2[nH]c(N(C)CCN(C)C)nc12.Cl.Cl. The van der Waals surface area contributed by atoms with Crippen LogP contribution in [0.25, 0.3) is 11.0 Å². The van der Waals surface area contributed by atoms with Crippen molar-refractivity contribution in [1.82, 2.24) is 14.9 Å². The average molecular weight is 614 g/mol. The number of hydrogen-bond acceptors (Lipinski definition) is 6. The zero-order valence-corrected chi connectivity index (χ0v) is 26.0. The molecule has 1 aliphatic rings. The Bertz CT molecular complexity index is 1540. The monoisotopic (exact) mass is 612 g/mol. The predicted octanol–water partition coefficient (Wildman–Crippen LogP) is 5.65. The molecule has 11 heteroatoms. The molecule has 5 rings (SSSR count). The van der Waals surface area contributed by atoms with Gasteiger partial charge in [-0.05, 0) is 75.3 Å². The van der Waals surface area contributed by atoms with Gasteiger partial charge in [-0.25, -0.2) is 4.98 Å². The normalized spacial score (nSPS) is 12.5. The Morgan fingerprint density at radius 3 is 2.55 bits per heavy atom. The number of ether oxygens (including phenoxy) is 1. The summed E-state index contributed by atoms with van der Waals surface area (Å²) >= 11 is 0. The average Bonchev–Trinajstić information content (AvgIpc) is 3.30. The van der Waals surface area contributed by atoms with Gasteiger partial charge < -0.3 is 29.7 Å². The van der Waals surface area contributed by atoms with Crippen LogP contribution in [0, 0.1) is 0 Å². The number of H-pyrrole nitrogens is 1. The van der Waals surface area contributed by atoms with Gasteiger partial charge in [0.15, 0.2) is 0 Å². The van der Waals surface area contributed by atoms with Crippen molar-refractivity contribution in [2.24, 2.45) is 0 Å². The molecular formula is C31H38Cl2N6O3. The summed E-state index contributed by atoms with van der Waals surface area (Å²) < 4.78 is 5.58. The molecule has 9 nitrogen and oxygen atoms in total. The number of hydrogen-bond donors (Lipinski definition) is 2. The lowest BCUT2D eigenvalue weighted by Crippen LogP contribution is -2.31. The summed E-state index contributed by atoms with van der Waals surface area (Å²) in [5.74, 6) is 0.625. The van der Waals surface area contributed by atoms with Gasteiger partial charge >= 0.3 is 0 Å². The maximum absolute atomic E-state index is 13.6. The molecule has 0 saturated carbocycles. The van der Waals surface area contributed by atoms with Crippen molar-refractivity contribution < 1.29 is 14.3 Å². The van der Waals surface area contributed by atoms with Crippen molar-refractivity contribution in [1.29, 1.82) is 0 Å². The number of nitrogens with zero attached hydrogens (tertiary/aromatic N) is 4. The van der Waals surface area contributed by atoms with Crippen LogP contribution in [0.5, 0.6) is 5.75 Å². The molecule has 2 heterocycles. The van der Waals surface area contributed by atoms with Gasteiger partial charge in [-0.15, -0.1) is 24.8 Å². The van der Waals surface area contributed by atoms with Crippen molar-refractivity contribution in [2.75, 3.05) is 63.0 Å². The van der Waals surface area contributed by atoms with E-state index in [1.807, 2.05) is 67.3 Å². The first kappa shape index (κ1) is 32.7. The highest BCUT2D eigenvalue weighted by Gasteiger charge is 2.24. The maximum Gasteiger partial charge on any atom is 0.259 e. The van der Waals surface area contributed by atoms with E-state index in [9.17, 15) is 9.59 Å². The van der Waals surface area contributed by atoms with Crippen LogP contribution in [0.15, 0.2) is 60.7 Å². The fourth-order valence-electron chi connectivity index (χ4n) is 5.02. The summed E-state index contributed by atoms with van der Waals surface area (Å²) in [4.78, 5) is 41.1. The van der Waals surface area contributed by atoms with E-state index in [2.05, 4.69) is 21.3 Å². The van der Waals surface area contributed by atoms with Crippen molar-refractivity contribution in [3.05, 3.63) is 77.4 Å². The number of carbonyl (C=O) groups excluding carboxylic acids is 2. The number of anilines is 3. The first-order valence-electron chi connectivity index (χ1n) is 13.6. The predicted molar refractivity (Wildman–Crippen MR) is 174 cm³/mol. The molecule has 0 saturated heterocycles. The van der Waals surface area contributed by atoms with Gasteiger partial charge in [-0.2, -0.15) is 0 Å². The van der Waals surface area contributed by atoms with Crippen molar-refractivity contribution in [3.63, 3.8) is 0 Å². The molecule has 0 unspecified atom stereocenters. The number of halogens is 2. The van der Waals surface area contributed by atoms with Gasteiger partial charge in [0.1, 0.15) is 11.3 Å². The molecule has 2 amide bonds. The third-order valence-electron chi connectivity index (χ3n) is 7.29. The van der Waals surface area contributed by atoms with E-state index in [1.165, 1.54) is 12.7 Å². The van der Waals surface area contributed by atoms with Gasteiger partial charge in [0, 0.05) is 37.9 Å². The van der Waals surface area contributed by atoms with Crippen LogP contribution in [0.3, 0.4) is 0 Å². The lowest BCUT2D eigenvalue weighted by molar-refractivity contribution is 0.0982. The molecule has 0 bridgehead atoms. The number of carbonyl (C=O) groups is 2. The van der Waals surface area contributed by atoms with Crippen molar-refractivity contribution >= 4 is 65.0 Å². The minimum absolute atomic E-state index is 0. The minimum atomic E-state index is -0.339. The zero-order chi connectivity index (χ0) is 28.2. The zero-order valence-electron chi connectivity index (χ0n) is 24.3.